The molecule has 280 valence electrons. The Morgan fingerprint density at radius 3 is 1.98 bits per heavy atom. The lowest BCUT2D eigenvalue weighted by atomic mass is 10.00. The van der Waals surface area contributed by atoms with Crippen molar-refractivity contribution in [2.45, 2.75) is 19.3 Å². The molecular weight excluding hydrogens is 731 g/mol. The lowest BCUT2D eigenvalue weighted by Crippen LogP contribution is -2.10. The average Bonchev–Trinajstić information content (AvgIpc) is 3.85. The number of benzene rings is 7. The number of rotatable bonds is 4. The molecule has 0 saturated carbocycles. The van der Waals surface area contributed by atoms with E-state index in [1.807, 2.05) is 6.07 Å². The first-order chi connectivity index (χ1) is 29.8. The molecule has 2 aliphatic carbocycles. The summed E-state index contributed by atoms with van der Waals surface area (Å²) in [6.07, 6.45) is 9.34. The largest absolute Gasteiger partial charge is 0.309 e. The van der Waals surface area contributed by atoms with E-state index in [0.717, 1.165) is 80.0 Å². The standard InChI is InChI=1S/C55H35N5/c1-2-16-38(17-3-1)58-48-25-10-6-20-42(48)43-22-14-15-36(33-52(43)58)54-55(57-47-24-9-8-23-46(47)56-54)60-51-28-13-7-21-44(51)45-32-35-29-30-39(31-37(35)34-53(45)60)59-49-26-11-4-18-40(49)41-19-5-12-27-50(41)59/h1-12,16-21,23-27,29-34H,13,15,28H2. The SMILES string of the molecule is C1#Cc2c(n(-c3ccccc3)c3ccccc23)C=C(c2nc3ccccc3nc2-n2c3c(c4cc5ccc(-n6c7ccccc7c7ccccc76)cc5cc42)C=CCC3)C1. The molecule has 4 aromatic heterocycles. The van der Waals surface area contributed by atoms with E-state index >= 15 is 0 Å². The molecule has 0 spiro atoms. The lowest BCUT2D eigenvalue weighted by molar-refractivity contribution is 0.867. The topological polar surface area (TPSA) is 40.6 Å². The second-order valence-electron chi connectivity index (χ2n) is 15.9. The van der Waals surface area contributed by atoms with Gasteiger partial charge < -0.3 is 9.13 Å². The van der Waals surface area contributed by atoms with E-state index in [-0.39, 0.29) is 0 Å². The molecule has 60 heavy (non-hydrogen) atoms. The molecule has 13 rings (SSSR count). The van der Waals surface area contributed by atoms with Crippen LogP contribution in [0.15, 0.2) is 164 Å². The van der Waals surface area contributed by atoms with Gasteiger partial charge in [0.2, 0.25) is 0 Å². The van der Waals surface area contributed by atoms with Gasteiger partial charge in [0.15, 0.2) is 5.82 Å². The Labute approximate surface area is 345 Å². The molecule has 0 atom stereocenters. The molecular formula is C55H35N5. The highest BCUT2D eigenvalue weighted by Gasteiger charge is 2.26. The molecule has 5 heteroatoms. The van der Waals surface area contributed by atoms with Gasteiger partial charge in [-0.2, -0.15) is 0 Å². The number of nitrogens with zero attached hydrogens (tertiary/aromatic N) is 5. The third-order valence-corrected chi connectivity index (χ3v) is 12.5. The molecule has 0 amide bonds. The van der Waals surface area contributed by atoms with E-state index < -0.39 is 0 Å². The lowest BCUT2D eigenvalue weighted by Gasteiger charge is -2.18. The number of fused-ring (bicyclic) bond motifs is 11. The van der Waals surface area contributed by atoms with Gasteiger partial charge in [0.25, 0.3) is 0 Å². The minimum atomic E-state index is 0.546. The van der Waals surface area contributed by atoms with E-state index in [9.17, 15) is 0 Å². The summed E-state index contributed by atoms with van der Waals surface area (Å²) in [6, 6.07) is 56.5. The Balaban J connectivity index is 1.08. The van der Waals surface area contributed by atoms with Crippen molar-refractivity contribution in [3.05, 3.63) is 192 Å². The summed E-state index contributed by atoms with van der Waals surface area (Å²) in [7, 11) is 0. The summed E-state index contributed by atoms with van der Waals surface area (Å²) in [6.45, 7) is 0. The van der Waals surface area contributed by atoms with E-state index in [1.165, 1.54) is 49.2 Å². The highest BCUT2D eigenvalue weighted by molar-refractivity contribution is 6.10. The Bertz CT molecular complexity index is 3690. The molecule has 0 saturated heterocycles. The number of hydrogen-bond donors (Lipinski definition) is 0. The summed E-state index contributed by atoms with van der Waals surface area (Å²) in [5.41, 5.74) is 15.2. The van der Waals surface area contributed by atoms with Gasteiger partial charge in [0.1, 0.15) is 5.69 Å². The summed E-state index contributed by atoms with van der Waals surface area (Å²) in [5.74, 6) is 8.01. The molecule has 0 fully saturated rings. The van der Waals surface area contributed by atoms with E-state index in [2.05, 4.69) is 195 Å². The normalized spacial score (nSPS) is 13.5. The predicted molar refractivity (Wildman–Crippen MR) is 248 cm³/mol. The molecule has 2 aliphatic rings. The van der Waals surface area contributed by atoms with Crippen molar-refractivity contribution < 1.29 is 0 Å². The molecule has 0 bridgehead atoms. The fraction of sp³-hybridized carbons (Fsp3) is 0.0545. The van der Waals surface area contributed by atoms with E-state index in [4.69, 9.17) is 9.97 Å². The van der Waals surface area contributed by atoms with Crippen LogP contribution in [-0.2, 0) is 6.42 Å². The monoisotopic (exact) mass is 765 g/mol. The molecule has 5 nitrogen and oxygen atoms in total. The van der Waals surface area contributed by atoms with Crippen LogP contribution in [0.2, 0.25) is 0 Å². The molecule has 0 aliphatic heterocycles. The van der Waals surface area contributed by atoms with Crippen LogP contribution in [0, 0.1) is 11.8 Å². The Morgan fingerprint density at radius 2 is 1.20 bits per heavy atom. The summed E-state index contributed by atoms with van der Waals surface area (Å²) >= 11 is 0. The number of hydrogen-bond acceptors (Lipinski definition) is 2. The van der Waals surface area contributed by atoms with Crippen molar-refractivity contribution >= 4 is 83.1 Å². The Kier molecular flexibility index (Phi) is 7.05. The van der Waals surface area contributed by atoms with E-state index in [1.54, 1.807) is 0 Å². The summed E-state index contributed by atoms with van der Waals surface area (Å²) < 4.78 is 7.16. The van der Waals surface area contributed by atoms with Crippen LogP contribution in [0.25, 0.3) is 100 Å². The first kappa shape index (κ1) is 33.1. The number of para-hydroxylation sites is 6. The maximum absolute atomic E-state index is 5.54. The van der Waals surface area contributed by atoms with Crippen molar-refractivity contribution in [3.8, 4) is 29.0 Å². The third kappa shape index (κ3) is 4.82. The van der Waals surface area contributed by atoms with Gasteiger partial charge in [-0.05, 0) is 102 Å². The van der Waals surface area contributed by atoms with Gasteiger partial charge in [-0.1, -0.05) is 115 Å². The van der Waals surface area contributed by atoms with Gasteiger partial charge in [-0.3, -0.25) is 4.57 Å². The number of allylic oxidation sites excluding steroid dienone is 2. The molecule has 0 radical (unpaired) electrons. The highest BCUT2D eigenvalue weighted by atomic mass is 15.1. The highest BCUT2D eigenvalue weighted by Crippen LogP contribution is 2.41. The van der Waals surface area contributed by atoms with Crippen LogP contribution in [-0.4, -0.2) is 23.7 Å². The van der Waals surface area contributed by atoms with Crippen molar-refractivity contribution in [1.29, 1.82) is 0 Å². The first-order valence-electron chi connectivity index (χ1n) is 20.7. The van der Waals surface area contributed by atoms with Gasteiger partial charge >= 0.3 is 0 Å². The van der Waals surface area contributed by atoms with Crippen LogP contribution in [0.4, 0.5) is 0 Å². The molecule has 0 unspecified atom stereocenters. The fourth-order valence-electron chi connectivity index (χ4n) is 9.87. The van der Waals surface area contributed by atoms with Crippen LogP contribution in [0.5, 0.6) is 0 Å². The van der Waals surface area contributed by atoms with Crippen molar-refractivity contribution in [1.82, 2.24) is 23.7 Å². The van der Waals surface area contributed by atoms with Gasteiger partial charge in [-0.15, -0.1) is 0 Å². The second-order valence-corrected chi connectivity index (χ2v) is 15.9. The van der Waals surface area contributed by atoms with Crippen LogP contribution >= 0.6 is 0 Å². The quantitative estimate of drug-likeness (QED) is 0.167. The first-order valence-corrected chi connectivity index (χ1v) is 20.7. The summed E-state index contributed by atoms with van der Waals surface area (Å²) in [4.78, 5) is 11.0. The maximum atomic E-state index is 5.54. The predicted octanol–water partition coefficient (Wildman–Crippen LogP) is 13.0. The number of aromatic nitrogens is 5. The van der Waals surface area contributed by atoms with Crippen LogP contribution < -0.4 is 0 Å². The fourth-order valence-corrected chi connectivity index (χ4v) is 9.87. The van der Waals surface area contributed by atoms with Crippen LogP contribution in [0.1, 0.15) is 41.1 Å². The minimum Gasteiger partial charge on any atom is -0.309 e. The maximum Gasteiger partial charge on any atom is 0.164 e. The van der Waals surface area contributed by atoms with E-state index in [0.29, 0.717) is 6.42 Å². The van der Waals surface area contributed by atoms with Gasteiger partial charge in [0.05, 0.1) is 44.4 Å². The van der Waals surface area contributed by atoms with Gasteiger partial charge in [-0.25, -0.2) is 9.97 Å². The minimum absolute atomic E-state index is 0.546. The second kappa shape index (κ2) is 12.8. The molecule has 0 N–H and O–H groups in total. The zero-order chi connectivity index (χ0) is 39.3. The zero-order valence-electron chi connectivity index (χ0n) is 32.6. The Morgan fingerprint density at radius 1 is 0.517 bits per heavy atom. The smallest absolute Gasteiger partial charge is 0.164 e. The van der Waals surface area contributed by atoms with Crippen molar-refractivity contribution in [3.63, 3.8) is 0 Å². The van der Waals surface area contributed by atoms with Crippen LogP contribution in [0.3, 0.4) is 0 Å². The zero-order valence-corrected chi connectivity index (χ0v) is 32.6. The van der Waals surface area contributed by atoms with Crippen molar-refractivity contribution in [2.24, 2.45) is 0 Å². The molecule has 11 aromatic rings. The average molecular weight is 766 g/mol. The van der Waals surface area contributed by atoms with Gasteiger partial charge in [0, 0.05) is 50.6 Å². The Hall–Kier alpha value is -7.94. The summed E-state index contributed by atoms with van der Waals surface area (Å²) in [5, 5.41) is 7.27. The molecule has 4 heterocycles. The molecule has 7 aromatic carbocycles. The third-order valence-electron chi connectivity index (χ3n) is 12.5. The van der Waals surface area contributed by atoms with Crippen molar-refractivity contribution in [2.75, 3.05) is 0 Å².